The van der Waals surface area contributed by atoms with Crippen LogP contribution >= 0.6 is 0 Å². The summed E-state index contributed by atoms with van der Waals surface area (Å²) >= 11 is 0. The molecule has 0 unspecified atom stereocenters. The van der Waals surface area contributed by atoms with Crippen LogP contribution < -0.4 is 0 Å². The normalized spacial score (nSPS) is 7.33. The van der Waals surface area contributed by atoms with Gasteiger partial charge in [-0.25, -0.2) is 0 Å². The number of nitrogens with zero attached hydrogens (tertiary/aromatic N) is 2. The van der Waals surface area contributed by atoms with Crippen LogP contribution in [0.15, 0.2) is 12.4 Å². The van der Waals surface area contributed by atoms with E-state index in [0.29, 0.717) is 0 Å². The minimum absolute atomic E-state index is 0.167. The molecule has 50 valence electrons. The van der Waals surface area contributed by atoms with Gasteiger partial charge >= 0.3 is 0 Å². The maximum Gasteiger partial charge on any atom is 0.126 e. The fraction of sp³-hybridized carbons (Fsp3) is 0.400. The van der Waals surface area contributed by atoms with Crippen molar-refractivity contribution in [2.75, 3.05) is 0 Å². The number of aromatic amines is 1. The van der Waals surface area contributed by atoms with Gasteiger partial charge in [-0.05, 0) is 13.8 Å². The number of aromatic nitrogens is 3. The van der Waals surface area contributed by atoms with E-state index in [1.807, 2.05) is 0 Å². The van der Waals surface area contributed by atoms with Crippen LogP contribution in [0.5, 0.6) is 0 Å². The topological polar surface area (TPSA) is 58.6 Å². The van der Waals surface area contributed by atoms with Crippen molar-refractivity contribution in [2.45, 2.75) is 13.8 Å². The highest BCUT2D eigenvalue weighted by molar-refractivity contribution is 5.72. The van der Waals surface area contributed by atoms with Gasteiger partial charge in [0, 0.05) is 6.20 Å². The number of hydrogen-bond acceptors (Lipinski definition) is 3. The molecule has 0 spiro atoms. The number of rotatable bonds is 0. The molecule has 4 nitrogen and oxygen atoms in total. The minimum Gasteiger partial charge on any atom is -0.300 e. The van der Waals surface area contributed by atoms with Crippen LogP contribution in [0.1, 0.15) is 13.8 Å². The lowest BCUT2D eigenvalue weighted by molar-refractivity contribution is -0.114. The van der Waals surface area contributed by atoms with Gasteiger partial charge < -0.3 is 4.79 Å². The Bertz CT molecular complexity index is 126. The van der Waals surface area contributed by atoms with E-state index < -0.39 is 0 Å². The van der Waals surface area contributed by atoms with E-state index in [1.54, 1.807) is 12.4 Å². The molecule has 0 aliphatic heterocycles. The van der Waals surface area contributed by atoms with E-state index in [-0.39, 0.29) is 5.78 Å². The van der Waals surface area contributed by atoms with Gasteiger partial charge in [0.1, 0.15) is 5.78 Å². The molecule has 1 aromatic rings. The Kier molecular flexibility index (Phi) is 4.30. The fourth-order valence-corrected chi connectivity index (χ4v) is 0.167. The Hall–Kier alpha value is -1.19. The molecule has 0 saturated carbocycles. The molecular weight excluding hydrogens is 118 g/mol. The summed E-state index contributed by atoms with van der Waals surface area (Å²) in [5, 5.41) is 9.26. The van der Waals surface area contributed by atoms with Crippen molar-refractivity contribution in [1.29, 1.82) is 0 Å². The van der Waals surface area contributed by atoms with Crippen molar-refractivity contribution in [1.82, 2.24) is 15.4 Å². The third kappa shape index (κ3) is 10.9. The lowest BCUT2D eigenvalue weighted by Gasteiger charge is -1.56. The van der Waals surface area contributed by atoms with E-state index in [4.69, 9.17) is 0 Å². The van der Waals surface area contributed by atoms with Gasteiger partial charge in [0.05, 0.1) is 6.20 Å². The van der Waals surface area contributed by atoms with E-state index in [2.05, 4.69) is 15.4 Å². The first kappa shape index (κ1) is 7.81. The Labute approximate surface area is 53.3 Å². The molecule has 0 fully saturated rings. The molecule has 1 aromatic heterocycles. The first-order chi connectivity index (χ1) is 4.23. The summed E-state index contributed by atoms with van der Waals surface area (Å²) in [6.45, 7) is 3.06. The molecule has 4 heteroatoms. The lowest BCUT2D eigenvalue weighted by Crippen LogP contribution is -1.69. The molecule has 0 radical (unpaired) electrons. The average molecular weight is 127 g/mol. The van der Waals surface area contributed by atoms with Gasteiger partial charge in [0.2, 0.25) is 0 Å². The quantitative estimate of drug-likeness (QED) is 0.548. The highest BCUT2D eigenvalue weighted by Gasteiger charge is 1.62. The SMILES string of the molecule is CC(C)=O.c1c[nH]nn1. The van der Waals surface area contributed by atoms with Gasteiger partial charge in [-0.3, -0.25) is 5.10 Å². The highest BCUT2D eigenvalue weighted by Crippen LogP contribution is 1.55. The number of carbonyl (C=O) groups is 1. The van der Waals surface area contributed by atoms with Crippen LogP contribution in [0.25, 0.3) is 0 Å². The van der Waals surface area contributed by atoms with Crippen LogP contribution in [-0.2, 0) is 4.79 Å². The molecule has 0 atom stereocenters. The number of hydrogen-bond donors (Lipinski definition) is 1. The van der Waals surface area contributed by atoms with E-state index >= 15 is 0 Å². The Morgan fingerprint density at radius 1 is 1.56 bits per heavy atom. The van der Waals surface area contributed by atoms with E-state index in [1.165, 1.54) is 13.8 Å². The largest absolute Gasteiger partial charge is 0.300 e. The summed E-state index contributed by atoms with van der Waals surface area (Å²) in [6.07, 6.45) is 3.24. The third-order valence-electron chi connectivity index (χ3n) is 0.331. The predicted molar refractivity (Wildman–Crippen MR) is 32.7 cm³/mol. The van der Waals surface area contributed by atoms with Gasteiger partial charge in [-0.1, -0.05) is 5.21 Å². The number of carbonyl (C=O) groups excluding carboxylic acids is 1. The second-order valence-electron chi connectivity index (χ2n) is 1.57. The Balaban J connectivity index is 0.000000148. The lowest BCUT2D eigenvalue weighted by atomic mass is 10.6. The summed E-state index contributed by atoms with van der Waals surface area (Å²) in [5.41, 5.74) is 0. The van der Waals surface area contributed by atoms with Crippen molar-refractivity contribution in [3.63, 3.8) is 0 Å². The third-order valence-corrected chi connectivity index (χ3v) is 0.331. The fourth-order valence-electron chi connectivity index (χ4n) is 0.167. The van der Waals surface area contributed by atoms with Gasteiger partial charge in [-0.2, -0.15) is 0 Å². The molecule has 1 rings (SSSR count). The second-order valence-corrected chi connectivity index (χ2v) is 1.57. The van der Waals surface area contributed by atoms with Crippen molar-refractivity contribution in [3.8, 4) is 0 Å². The van der Waals surface area contributed by atoms with E-state index in [0.717, 1.165) is 0 Å². The van der Waals surface area contributed by atoms with Crippen molar-refractivity contribution < 1.29 is 4.79 Å². The number of ketones is 1. The highest BCUT2D eigenvalue weighted by atomic mass is 16.1. The van der Waals surface area contributed by atoms with Crippen LogP contribution in [0.4, 0.5) is 0 Å². The molecule has 1 N–H and O–H groups in total. The Morgan fingerprint density at radius 3 is 2.22 bits per heavy atom. The van der Waals surface area contributed by atoms with Crippen LogP contribution in [0, 0.1) is 0 Å². The minimum atomic E-state index is 0.167. The molecule has 0 saturated heterocycles. The smallest absolute Gasteiger partial charge is 0.126 e. The van der Waals surface area contributed by atoms with Crippen molar-refractivity contribution in [3.05, 3.63) is 12.4 Å². The standard InChI is InChI=1S/C3H6O.C2H3N3/c1-3(2)4;1-2-4-5-3-1/h1-2H3;1-2H,(H,3,4,5). The molecule has 0 bridgehead atoms. The first-order valence-electron chi connectivity index (χ1n) is 2.51. The van der Waals surface area contributed by atoms with Crippen LogP contribution in [0.3, 0.4) is 0 Å². The zero-order valence-electron chi connectivity index (χ0n) is 5.46. The summed E-state index contributed by atoms with van der Waals surface area (Å²) in [7, 11) is 0. The van der Waals surface area contributed by atoms with Crippen LogP contribution in [0.2, 0.25) is 0 Å². The molecule has 0 amide bonds. The number of H-pyrrole nitrogens is 1. The molecule has 9 heavy (non-hydrogen) atoms. The first-order valence-corrected chi connectivity index (χ1v) is 2.51. The molecule has 0 aliphatic carbocycles. The van der Waals surface area contributed by atoms with Crippen LogP contribution in [-0.4, -0.2) is 21.2 Å². The van der Waals surface area contributed by atoms with Gasteiger partial charge in [0.15, 0.2) is 0 Å². The molecule has 0 aromatic carbocycles. The zero-order chi connectivity index (χ0) is 7.11. The summed E-state index contributed by atoms with van der Waals surface area (Å²) in [5.74, 6) is 0.167. The maximum atomic E-state index is 9.44. The maximum absolute atomic E-state index is 9.44. The molecule has 1 heterocycles. The summed E-state index contributed by atoms with van der Waals surface area (Å²) in [6, 6.07) is 0. The molecule has 0 aliphatic rings. The van der Waals surface area contributed by atoms with E-state index in [9.17, 15) is 4.79 Å². The summed E-state index contributed by atoms with van der Waals surface area (Å²) < 4.78 is 0. The number of Topliss-reactive ketones (excluding diaryl/α,β-unsaturated/α-hetero) is 1. The average Bonchev–Trinajstić information content (AvgIpc) is 2.11. The molecular formula is C5H9N3O. The second kappa shape index (κ2) is 4.96. The van der Waals surface area contributed by atoms with Gasteiger partial charge in [-0.15, -0.1) is 5.10 Å². The zero-order valence-corrected chi connectivity index (χ0v) is 5.46. The number of nitrogens with one attached hydrogen (secondary N) is 1. The van der Waals surface area contributed by atoms with Crippen molar-refractivity contribution >= 4 is 5.78 Å². The van der Waals surface area contributed by atoms with Crippen molar-refractivity contribution in [2.24, 2.45) is 0 Å². The Morgan fingerprint density at radius 2 is 2.11 bits per heavy atom. The summed E-state index contributed by atoms with van der Waals surface area (Å²) in [4.78, 5) is 9.44. The predicted octanol–water partition coefficient (Wildman–Crippen LogP) is 0.400. The monoisotopic (exact) mass is 127 g/mol. The van der Waals surface area contributed by atoms with Gasteiger partial charge in [0.25, 0.3) is 0 Å².